The van der Waals surface area contributed by atoms with Crippen LogP contribution in [0, 0.1) is 11.7 Å². The van der Waals surface area contributed by atoms with Gasteiger partial charge in [0.05, 0.1) is 5.69 Å². The quantitative estimate of drug-likeness (QED) is 0.477. The van der Waals surface area contributed by atoms with E-state index in [-0.39, 0.29) is 34.2 Å². The Labute approximate surface area is 226 Å². The van der Waals surface area contributed by atoms with Gasteiger partial charge < -0.3 is 26.0 Å². The molecule has 38 heavy (non-hydrogen) atoms. The molecule has 2 aliphatic heterocycles. The summed E-state index contributed by atoms with van der Waals surface area (Å²) in [7, 11) is 2.10. The molecule has 202 valence electrons. The number of piperazine rings is 1. The third-order valence-electron chi connectivity index (χ3n) is 7.57. The number of anilines is 3. The first-order valence-corrected chi connectivity index (χ1v) is 13.3. The zero-order valence-electron chi connectivity index (χ0n) is 21.4. The van der Waals surface area contributed by atoms with Crippen LogP contribution in [0.1, 0.15) is 24.8 Å². The predicted octanol–water partition coefficient (Wildman–Crippen LogP) is 3.42. The van der Waals surface area contributed by atoms with Crippen LogP contribution in [0.25, 0.3) is 5.57 Å². The first-order valence-electron chi connectivity index (χ1n) is 12.9. The second-order valence-electron chi connectivity index (χ2n) is 10.0. The molecule has 1 atom stereocenters. The Morgan fingerprint density at radius 2 is 1.97 bits per heavy atom. The molecule has 2 saturated heterocycles. The molecule has 11 heteroatoms. The van der Waals surface area contributed by atoms with Crippen LogP contribution >= 0.6 is 11.6 Å². The van der Waals surface area contributed by atoms with E-state index in [1.807, 2.05) is 18.2 Å². The van der Waals surface area contributed by atoms with Crippen molar-refractivity contribution in [3.05, 3.63) is 59.3 Å². The molecule has 0 saturated carbocycles. The van der Waals surface area contributed by atoms with Gasteiger partial charge in [-0.1, -0.05) is 35.9 Å². The number of hydrogen-bond donors (Lipinski definition) is 3. The van der Waals surface area contributed by atoms with Gasteiger partial charge in [-0.05, 0) is 37.6 Å². The van der Waals surface area contributed by atoms with Gasteiger partial charge in [-0.15, -0.1) is 0 Å². The van der Waals surface area contributed by atoms with Crippen LogP contribution in [0.2, 0.25) is 5.15 Å². The number of aromatic nitrogens is 2. The van der Waals surface area contributed by atoms with Crippen molar-refractivity contribution < 1.29 is 13.9 Å². The number of allylic oxidation sites excluding steroid dienone is 2. The minimum atomic E-state index is -0.654. The summed E-state index contributed by atoms with van der Waals surface area (Å²) in [6, 6.07) is 5.12. The van der Waals surface area contributed by atoms with Gasteiger partial charge in [0.2, 0.25) is 5.91 Å². The van der Waals surface area contributed by atoms with Crippen molar-refractivity contribution in [2.45, 2.75) is 24.9 Å². The van der Waals surface area contributed by atoms with E-state index in [0.717, 1.165) is 44.6 Å². The summed E-state index contributed by atoms with van der Waals surface area (Å²) in [5.74, 6) is -0.211. The second kappa shape index (κ2) is 11.4. The minimum absolute atomic E-state index is 0.0483. The van der Waals surface area contributed by atoms with Crippen LogP contribution in [0.15, 0.2) is 42.8 Å². The fourth-order valence-electron chi connectivity index (χ4n) is 5.17. The number of ether oxygens (including phenoxy) is 1. The number of nitrogens with two attached hydrogens (primary N) is 1. The number of nitrogens with zero attached hydrogens (tertiary/aromatic N) is 4. The molecule has 4 N–H and O–H groups in total. The normalized spacial score (nSPS) is 23.2. The van der Waals surface area contributed by atoms with Gasteiger partial charge >= 0.3 is 0 Å². The third kappa shape index (κ3) is 5.54. The Hall–Kier alpha value is -3.05. The van der Waals surface area contributed by atoms with Gasteiger partial charge in [0.25, 0.3) is 0 Å². The van der Waals surface area contributed by atoms with Crippen molar-refractivity contribution in [2.24, 2.45) is 5.92 Å². The van der Waals surface area contributed by atoms with Gasteiger partial charge in [-0.25, -0.2) is 14.4 Å². The SMILES string of the molecule is CN1CCN(C2(NC(=O)C3CCOCC3)C=CC(c3cccc(Nc4ncnc(Cl)c4N)c3F)=CC2)CC1. The summed E-state index contributed by atoms with van der Waals surface area (Å²) in [6.07, 6.45) is 9.17. The molecule has 1 aromatic carbocycles. The number of nitrogens with one attached hydrogen (secondary N) is 2. The molecule has 2 aromatic rings. The Morgan fingerprint density at radius 1 is 1.21 bits per heavy atom. The number of amides is 1. The van der Waals surface area contributed by atoms with Gasteiger partial charge in [-0.2, -0.15) is 0 Å². The highest BCUT2D eigenvalue weighted by Crippen LogP contribution is 2.35. The molecular weight excluding hydrogens is 509 g/mol. The number of hydrogen-bond acceptors (Lipinski definition) is 8. The highest BCUT2D eigenvalue weighted by molar-refractivity contribution is 6.32. The Balaban J connectivity index is 1.39. The second-order valence-corrected chi connectivity index (χ2v) is 10.4. The molecule has 5 rings (SSSR count). The third-order valence-corrected chi connectivity index (χ3v) is 7.87. The topological polar surface area (TPSA) is 109 Å². The van der Waals surface area contributed by atoms with E-state index in [1.165, 1.54) is 6.33 Å². The molecule has 9 nitrogen and oxygen atoms in total. The molecule has 1 unspecified atom stereocenters. The maximum Gasteiger partial charge on any atom is 0.224 e. The van der Waals surface area contributed by atoms with Crippen molar-refractivity contribution in [3.8, 4) is 0 Å². The first-order chi connectivity index (χ1) is 18.4. The average molecular weight is 542 g/mol. The van der Waals surface area contributed by atoms with Gasteiger partial charge in [0.15, 0.2) is 16.8 Å². The first kappa shape index (κ1) is 26.6. The highest BCUT2D eigenvalue weighted by atomic mass is 35.5. The Kier molecular flexibility index (Phi) is 7.94. The van der Waals surface area contributed by atoms with Crippen molar-refractivity contribution >= 4 is 40.3 Å². The van der Waals surface area contributed by atoms with E-state index >= 15 is 4.39 Å². The van der Waals surface area contributed by atoms with E-state index in [9.17, 15) is 4.79 Å². The standard InChI is InChI=1S/C27H33ClFN7O2/c1-35-11-13-36(14-12-35)27(34-26(37)19-7-15-38-16-8-19)9-5-18(6-10-27)20-3-2-4-21(22(20)29)33-25-23(30)24(28)31-17-32-25/h2-6,9,17,19H,7-8,10-16,30H2,1H3,(H,34,37)(H,31,32,33). The number of benzene rings is 1. The lowest BCUT2D eigenvalue weighted by Gasteiger charge is -2.47. The Morgan fingerprint density at radius 3 is 2.68 bits per heavy atom. The minimum Gasteiger partial charge on any atom is -0.393 e. The fourth-order valence-corrected chi connectivity index (χ4v) is 5.30. The van der Waals surface area contributed by atoms with Gasteiger partial charge in [-0.3, -0.25) is 9.69 Å². The summed E-state index contributed by atoms with van der Waals surface area (Å²) >= 11 is 5.99. The van der Waals surface area contributed by atoms with Crippen LogP contribution in [-0.2, 0) is 9.53 Å². The number of nitrogen functional groups attached to an aromatic ring is 1. The monoisotopic (exact) mass is 541 g/mol. The molecule has 0 radical (unpaired) electrons. The summed E-state index contributed by atoms with van der Waals surface area (Å²) in [5, 5.41) is 6.39. The zero-order valence-corrected chi connectivity index (χ0v) is 22.2. The van der Waals surface area contributed by atoms with E-state index in [2.05, 4.69) is 37.4 Å². The lowest BCUT2D eigenvalue weighted by molar-refractivity contribution is -0.132. The molecule has 1 aliphatic carbocycles. The van der Waals surface area contributed by atoms with Crippen LogP contribution in [0.3, 0.4) is 0 Å². The maximum atomic E-state index is 15.7. The predicted molar refractivity (Wildman–Crippen MR) is 146 cm³/mol. The van der Waals surface area contributed by atoms with Crippen LogP contribution in [0.4, 0.5) is 21.6 Å². The molecule has 0 bridgehead atoms. The van der Waals surface area contributed by atoms with Gasteiger partial charge in [0, 0.05) is 57.3 Å². The number of likely N-dealkylation sites (N-methyl/N-ethyl adjacent to an activating group) is 1. The van der Waals surface area contributed by atoms with E-state index in [1.54, 1.807) is 18.2 Å². The van der Waals surface area contributed by atoms with Crippen LogP contribution in [-0.4, -0.2) is 77.8 Å². The van der Waals surface area contributed by atoms with Crippen molar-refractivity contribution in [1.82, 2.24) is 25.1 Å². The molecular formula is C27H33ClFN7O2. The van der Waals surface area contributed by atoms with Crippen molar-refractivity contribution in [2.75, 3.05) is 57.5 Å². The van der Waals surface area contributed by atoms with E-state index < -0.39 is 11.5 Å². The van der Waals surface area contributed by atoms with Crippen LogP contribution < -0.4 is 16.4 Å². The Bertz CT molecular complexity index is 1240. The number of halogens is 2. The molecule has 1 amide bonds. The zero-order chi connectivity index (χ0) is 26.7. The van der Waals surface area contributed by atoms with Crippen molar-refractivity contribution in [1.29, 1.82) is 0 Å². The smallest absolute Gasteiger partial charge is 0.224 e. The molecule has 0 spiro atoms. The lowest BCUT2D eigenvalue weighted by Crippen LogP contribution is -2.64. The van der Waals surface area contributed by atoms with E-state index in [0.29, 0.717) is 25.2 Å². The van der Waals surface area contributed by atoms with Gasteiger partial charge in [0.1, 0.15) is 17.7 Å². The maximum absolute atomic E-state index is 15.7. The lowest BCUT2D eigenvalue weighted by atomic mass is 9.89. The largest absolute Gasteiger partial charge is 0.393 e. The highest BCUT2D eigenvalue weighted by Gasteiger charge is 2.39. The number of carbonyl (C=O) groups is 1. The molecule has 1 aromatic heterocycles. The average Bonchev–Trinajstić information content (AvgIpc) is 2.94. The molecule has 3 aliphatic rings. The van der Waals surface area contributed by atoms with Crippen LogP contribution in [0.5, 0.6) is 0 Å². The van der Waals surface area contributed by atoms with E-state index in [4.69, 9.17) is 22.1 Å². The number of rotatable bonds is 6. The van der Waals surface area contributed by atoms with Crippen molar-refractivity contribution in [3.63, 3.8) is 0 Å². The summed E-state index contributed by atoms with van der Waals surface area (Å²) in [5.41, 5.74) is 6.85. The summed E-state index contributed by atoms with van der Waals surface area (Å²) in [4.78, 5) is 25.8. The molecule has 3 heterocycles. The molecule has 2 fully saturated rings. The summed E-state index contributed by atoms with van der Waals surface area (Å²) in [6.45, 7) is 4.70. The number of carbonyl (C=O) groups excluding carboxylic acids is 1. The fraction of sp³-hybridized carbons (Fsp3) is 0.444. The summed E-state index contributed by atoms with van der Waals surface area (Å²) < 4.78 is 21.1.